The average molecular weight is 473 g/mol. The molecule has 3 aromatic rings. The van der Waals surface area contributed by atoms with Crippen molar-refractivity contribution in [3.8, 4) is 11.5 Å². The summed E-state index contributed by atoms with van der Waals surface area (Å²) in [5, 5.41) is 2.71. The second-order valence-corrected chi connectivity index (χ2v) is 9.21. The quantitative estimate of drug-likeness (QED) is 0.529. The molecular formula is C24H25FN2O5S. The van der Waals surface area contributed by atoms with Crippen LogP contribution in [0.4, 0.5) is 15.8 Å². The van der Waals surface area contributed by atoms with Crippen molar-refractivity contribution in [1.29, 1.82) is 0 Å². The molecule has 0 aliphatic rings. The molecule has 0 radical (unpaired) electrons. The van der Waals surface area contributed by atoms with Gasteiger partial charge in [-0.3, -0.25) is 9.10 Å². The molecule has 0 saturated carbocycles. The lowest BCUT2D eigenvalue weighted by atomic mass is 10.1. The van der Waals surface area contributed by atoms with Gasteiger partial charge in [-0.2, -0.15) is 0 Å². The van der Waals surface area contributed by atoms with Gasteiger partial charge >= 0.3 is 0 Å². The molecule has 1 N–H and O–H groups in total. The Labute approximate surface area is 192 Å². The molecule has 0 bridgehead atoms. The molecule has 9 heteroatoms. The molecule has 0 aliphatic carbocycles. The van der Waals surface area contributed by atoms with E-state index in [1.807, 2.05) is 26.0 Å². The molecule has 0 aliphatic heterocycles. The first kappa shape index (κ1) is 24.1. The number of halogens is 1. The summed E-state index contributed by atoms with van der Waals surface area (Å²) in [6.45, 7) is 3.12. The van der Waals surface area contributed by atoms with E-state index in [4.69, 9.17) is 9.47 Å². The minimum atomic E-state index is -4.34. The van der Waals surface area contributed by atoms with Crippen LogP contribution in [0.15, 0.2) is 65.6 Å². The number of methoxy groups -OCH3 is 2. The number of carbonyl (C=O) groups excluding carboxylic acids is 1. The van der Waals surface area contributed by atoms with Crippen LogP contribution in [0, 0.1) is 19.7 Å². The number of rotatable bonds is 8. The number of aryl methyl sites for hydroxylation is 2. The third-order valence-electron chi connectivity index (χ3n) is 5.01. The third-order valence-corrected chi connectivity index (χ3v) is 6.76. The number of carbonyl (C=O) groups is 1. The normalized spacial score (nSPS) is 11.1. The van der Waals surface area contributed by atoms with Crippen LogP contribution in [0.3, 0.4) is 0 Å². The molecule has 0 unspecified atom stereocenters. The summed E-state index contributed by atoms with van der Waals surface area (Å²) in [7, 11) is -1.54. The highest BCUT2D eigenvalue weighted by Crippen LogP contribution is 2.33. The Bertz CT molecular complexity index is 1280. The van der Waals surface area contributed by atoms with Crippen molar-refractivity contribution in [3.63, 3.8) is 0 Å². The van der Waals surface area contributed by atoms with Crippen LogP contribution in [0.2, 0.25) is 0 Å². The van der Waals surface area contributed by atoms with Gasteiger partial charge in [0, 0.05) is 11.8 Å². The first-order valence-electron chi connectivity index (χ1n) is 10.0. The standard InChI is InChI=1S/C24H25FN2O5S/c1-16-9-11-20(17(2)13-16)26-24(28)15-27(21-8-6-5-7-19(21)25)33(29,30)18-10-12-22(31-3)23(14-18)32-4/h5-14H,15H2,1-4H3,(H,26,28). The fraction of sp³-hybridized carbons (Fsp3) is 0.208. The van der Waals surface area contributed by atoms with Gasteiger partial charge in [-0.25, -0.2) is 12.8 Å². The molecule has 1 amide bonds. The number of hydrogen-bond acceptors (Lipinski definition) is 5. The van der Waals surface area contributed by atoms with Gasteiger partial charge < -0.3 is 14.8 Å². The molecule has 0 spiro atoms. The largest absolute Gasteiger partial charge is 0.493 e. The number of anilines is 2. The van der Waals surface area contributed by atoms with Gasteiger partial charge in [0.05, 0.1) is 24.8 Å². The first-order valence-corrected chi connectivity index (χ1v) is 11.5. The molecule has 0 saturated heterocycles. The van der Waals surface area contributed by atoms with Crippen LogP contribution < -0.4 is 19.1 Å². The fourth-order valence-electron chi connectivity index (χ4n) is 3.33. The van der Waals surface area contributed by atoms with E-state index in [0.717, 1.165) is 21.5 Å². The zero-order valence-corrected chi connectivity index (χ0v) is 19.6. The summed E-state index contributed by atoms with van der Waals surface area (Å²) in [5.41, 5.74) is 2.14. The maximum absolute atomic E-state index is 14.7. The number of nitrogens with zero attached hydrogens (tertiary/aromatic N) is 1. The summed E-state index contributed by atoms with van der Waals surface area (Å²) >= 11 is 0. The lowest BCUT2D eigenvalue weighted by Crippen LogP contribution is -2.38. The van der Waals surface area contributed by atoms with Crippen LogP contribution in [0.25, 0.3) is 0 Å². The lowest BCUT2D eigenvalue weighted by Gasteiger charge is -2.25. The smallest absolute Gasteiger partial charge is 0.265 e. The number of ether oxygens (including phenoxy) is 2. The summed E-state index contributed by atoms with van der Waals surface area (Å²) in [4.78, 5) is 12.7. The zero-order chi connectivity index (χ0) is 24.2. The highest BCUT2D eigenvalue weighted by Gasteiger charge is 2.30. The molecule has 0 aromatic heterocycles. The summed E-state index contributed by atoms with van der Waals surface area (Å²) in [6.07, 6.45) is 0. The van der Waals surface area contributed by atoms with E-state index in [1.165, 1.54) is 50.6 Å². The minimum absolute atomic E-state index is 0.178. The number of nitrogens with one attached hydrogen (secondary N) is 1. The topological polar surface area (TPSA) is 84.9 Å². The fourth-order valence-corrected chi connectivity index (χ4v) is 4.78. The Kier molecular flexibility index (Phi) is 7.23. The first-order chi connectivity index (χ1) is 15.7. The van der Waals surface area contributed by atoms with Crippen molar-refractivity contribution < 1.29 is 27.1 Å². The van der Waals surface area contributed by atoms with E-state index in [-0.39, 0.29) is 16.3 Å². The van der Waals surface area contributed by atoms with Crippen LogP contribution in [0.5, 0.6) is 11.5 Å². The Balaban J connectivity index is 2.01. The second kappa shape index (κ2) is 9.91. The molecule has 33 heavy (non-hydrogen) atoms. The van der Waals surface area contributed by atoms with Crippen LogP contribution >= 0.6 is 0 Å². The zero-order valence-electron chi connectivity index (χ0n) is 18.8. The van der Waals surface area contributed by atoms with Crippen molar-refractivity contribution in [3.05, 3.63) is 77.6 Å². The van der Waals surface area contributed by atoms with Crippen molar-refractivity contribution in [2.45, 2.75) is 18.7 Å². The predicted molar refractivity (Wildman–Crippen MR) is 125 cm³/mol. The lowest BCUT2D eigenvalue weighted by molar-refractivity contribution is -0.114. The molecule has 0 fully saturated rings. The molecule has 3 aromatic carbocycles. The van der Waals surface area contributed by atoms with Crippen LogP contribution in [0.1, 0.15) is 11.1 Å². The van der Waals surface area contributed by atoms with Crippen molar-refractivity contribution >= 4 is 27.3 Å². The van der Waals surface area contributed by atoms with Gasteiger partial charge in [0.2, 0.25) is 5.91 Å². The molecular weight excluding hydrogens is 447 g/mol. The van der Waals surface area contributed by atoms with Crippen molar-refractivity contribution in [2.24, 2.45) is 0 Å². The van der Waals surface area contributed by atoms with Gasteiger partial charge in [-0.15, -0.1) is 0 Å². The average Bonchev–Trinajstić information content (AvgIpc) is 2.79. The maximum Gasteiger partial charge on any atom is 0.265 e. The number of amides is 1. The van der Waals surface area contributed by atoms with E-state index < -0.39 is 28.3 Å². The van der Waals surface area contributed by atoms with E-state index in [9.17, 15) is 17.6 Å². The van der Waals surface area contributed by atoms with E-state index >= 15 is 0 Å². The van der Waals surface area contributed by atoms with Crippen molar-refractivity contribution in [1.82, 2.24) is 0 Å². The molecule has 0 heterocycles. The van der Waals surface area contributed by atoms with E-state index in [0.29, 0.717) is 11.4 Å². The monoisotopic (exact) mass is 472 g/mol. The molecule has 3 rings (SSSR count). The maximum atomic E-state index is 14.7. The Morgan fingerprint density at radius 2 is 1.67 bits per heavy atom. The number of para-hydroxylation sites is 1. The number of hydrogen-bond donors (Lipinski definition) is 1. The highest BCUT2D eigenvalue weighted by molar-refractivity contribution is 7.92. The number of sulfonamides is 1. The summed E-state index contributed by atoms with van der Waals surface area (Å²) in [5.74, 6) is -0.872. The summed E-state index contributed by atoms with van der Waals surface area (Å²) in [6, 6.07) is 14.8. The molecule has 0 atom stereocenters. The SMILES string of the molecule is COc1ccc(S(=O)(=O)N(CC(=O)Nc2ccc(C)cc2C)c2ccccc2F)cc1OC. The van der Waals surface area contributed by atoms with Gasteiger partial charge in [-0.1, -0.05) is 29.8 Å². The van der Waals surface area contributed by atoms with Crippen LogP contribution in [-0.2, 0) is 14.8 Å². The molecule has 174 valence electrons. The highest BCUT2D eigenvalue weighted by atomic mass is 32.2. The Morgan fingerprint density at radius 1 is 0.970 bits per heavy atom. The van der Waals surface area contributed by atoms with Crippen LogP contribution in [-0.4, -0.2) is 35.1 Å². The Morgan fingerprint density at radius 3 is 2.30 bits per heavy atom. The summed E-state index contributed by atoms with van der Waals surface area (Å²) < 4.78 is 52.8. The van der Waals surface area contributed by atoms with Crippen molar-refractivity contribution in [2.75, 3.05) is 30.4 Å². The van der Waals surface area contributed by atoms with Gasteiger partial charge in [0.25, 0.3) is 10.0 Å². The molecule has 7 nitrogen and oxygen atoms in total. The van der Waals surface area contributed by atoms with Gasteiger partial charge in [0.1, 0.15) is 12.4 Å². The predicted octanol–water partition coefficient (Wildman–Crippen LogP) is 4.29. The van der Waals surface area contributed by atoms with E-state index in [2.05, 4.69) is 5.32 Å². The van der Waals surface area contributed by atoms with Gasteiger partial charge in [0.15, 0.2) is 11.5 Å². The van der Waals surface area contributed by atoms with Gasteiger partial charge in [-0.05, 0) is 49.7 Å². The number of benzene rings is 3. The third kappa shape index (κ3) is 5.25. The Hall–Kier alpha value is -3.59. The minimum Gasteiger partial charge on any atom is -0.493 e. The second-order valence-electron chi connectivity index (χ2n) is 7.35. The van der Waals surface area contributed by atoms with E-state index in [1.54, 1.807) is 6.07 Å².